The molecule has 0 spiro atoms. The highest BCUT2D eigenvalue weighted by atomic mass is 31.3. The number of aliphatic hydroxyl groups is 4. The van der Waals surface area contributed by atoms with Gasteiger partial charge in [0.15, 0.2) is 23.3 Å². The first-order chi connectivity index (χ1) is 27.6. The number of hydrogen-bond acceptors (Lipinski definition) is 21. The van der Waals surface area contributed by atoms with Gasteiger partial charge in [0.25, 0.3) is 0 Å². The molecule has 1 saturated heterocycles. The van der Waals surface area contributed by atoms with Gasteiger partial charge in [-0.25, -0.2) is 33.4 Å². The largest absolute Gasteiger partial charge is 0.481 e. The lowest BCUT2D eigenvalue weighted by atomic mass is 9.86. The molecular formula is C28H46N7O22P3. The zero-order chi connectivity index (χ0) is 45.4. The van der Waals surface area contributed by atoms with E-state index in [0.717, 1.165) is 17.2 Å². The van der Waals surface area contributed by atoms with Gasteiger partial charge in [-0.1, -0.05) is 13.8 Å². The molecule has 0 saturated carbocycles. The van der Waals surface area contributed by atoms with E-state index >= 15 is 0 Å². The van der Waals surface area contributed by atoms with Crippen LogP contribution < -0.4 is 16.4 Å². The molecular weight excluding hydrogens is 879 g/mol. The number of aromatic nitrogens is 4. The van der Waals surface area contributed by atoms with Crippen molar-refractivity contribution in [2.75, 3.05) is 32.0 Å². The number of nitrogens with zero attached hydrogens (tertiary/aromatic N) is 4. The molecule has 32 heteroatoms. The van der Waals surface area contributed by atoms with E-state index in [1.165, 1.54) is 13.8 Å². The Bertz CT molecular complexity index is 2000. The summed E-state index contributed by atoms with van der Waals surface area (Å²) in [7, 11) is -16.5. The first-order valence-corrected chi connectivity index (χ1v) is 21.8. The number of rotatable bonds is 26. The van der Waals surface area contributed by atoms with E-state index in [2.05, 4.69) is 34.4 Å². The van der Waals surface area contributed by atoms with Gasteiger partial charge >= 0.3 is 35.4 Å². The number of Topliss-reactive ketones (excluding diaryl/α,β-unsaturated/α-hetero) is 1. The van der Waals surface area contributed by atoms with Gasteiger partial charge in [0.1, 0.15) is 48.3 Å². The van der Waals surface area contributed by atoms with Gasteiger partial charge in [-0.3, -0.25) is 37.8 Å². The number of aliphatic carboxylic acids is 2. The fourth-order valence-corrected chi connectivity index (χ4v) is 8.29. The van der Waals surface area contributed by atoms with Gasteiger partial charge in [-0.15, -0.1) is 0 Å². The van der Waals surface area contributed by atoms with Crippen LogP contribution in [-0.2, 0) is 55.5 Å². The Kier molecular flexibility index (Phi) is 17.5. The fourth-order valence-electron chi connectivity index (χ4n) is 5.46. The lowest BCUT2D eigenvalue weighted by Gasteiger charge is -2.34. The average molecular weight is 926 g/mol. The average Bonchev–Trinajstić information content (AvgIpc) is 3.67. The summed E-state index contributed by atoms with van der Waals surface area (Å²) in [5.41, 5.74) is 1.44. The number of imidazole rings is 1. The zero-order valence-corrected chi connectivity index (χ0v) is 34.2. The highest BCUT2D eigenvalue weighted by Gasteiger charge is 2.50. The Hall–Kier alpha value is -3.44. The molecule has 2 aromatic heterocycles. The smallest absolute Gasteiger partial charge is 0.481 e. The molecule has 3 heterocycles. The van der Waals surface area contributed by atoms with Crippen molar-refractivity contribution in [2.24, 2.45) is 5.41 Å². The van der Waals surface area contributed by atoms with Crippen LogP contribution in [0, 0.1) is 5.41 Å². The third-order valence-corrected chi connectivity index (χ3v) is 11.6. The first-order valence-electron chi connectivity index (χ1n) is 17.3. The minimum absolute atomic E-state index is 0.00888. The molecule has 0 radical (unpaired) electrons. The van der Waals surface area contributed by atoms with Crippen LogP contribution in [0.5, 0.6) is 0 Å². The van der Waals surface area contributed by atoms with E-state index < -0.39 is 121 Å². The van der Waals surface area contributed by atoms with E-state index in [1.54, 1.807) is 0 Å². The number of carbonyl (C=O) groups excluding carboxylic acids is 2. The van der Waals surface area contributed by atoms with E-state index in [4.69, 9.17) is 29.7 Å². The molecule has 14 N–H and O–H groups in total. The number of ketones is 1. The van der Waals surface area contributed by atoms with E-state index in [-0.39, 0.29) is 49.3 Å². The van der Waals surface area contributed by atoms with Crippen LogP contribution in [0.1, 0.15) is 52.2 Å². The molecule has 1 aliphatic rings. The van der Waals surface area contributed by atoms with Crippen LogP contribution in [0.4, 0.5) is 5.82 Å². The lowest BCUT2D eigenvalue weighted by Crippen LogP contribution is -2.49. The molecule has 340 valence electrons. The van der Waals surface area contributed by atoms with Crippen molar-refractivity contribution >= 4 is 64.1 Å². The van der Waals surface area contributed by atoms with Crippen molar-refractivity contribution in [2.45, 2.75) is 88.4 Å². The van der Waals surface area contributed by atoms with E-state index in [9.17, 15) is 72.9 Å². The monoisotopic (exact) mass is 925 g/mol. The predicted molar refractivity (Wildman–Crippen MR) is 194 cm³/mol. The number of amides is 1. The summed E-state index contributed by atoms with van der Waals surface area (Å²) in [5, 5.41) is 64.6. The van der Waals surface area contributed by atoms with Crippen molar-refractivity contribution in [3.8, 4) is 0 Å². The van der Waals surface area contributed by atoms with Crippen molar-refractivity contribution in [3.63, 3.8) is 0 Å². The second-order valence-electron chi connectivity index (χ2n) is 13.9. The molecule has 3 rings (SSSR count). The van der Waals surface area contributed by atoms with Gasteiger partial charge in [0, 0.05) is 37.8 Å². The van der Waals surface area contributed by atoms with Gasteiger partial charge in [-0.2, -0.15) is 4.31 Å². The SMILES string of the molecule is CC(C)(COP(=O)(O)OP(=O)(O)OC[C@H]1O[C@@H](n2cnc3c(N)ncnc32)[C@H](O)[C@@H]1OP(=O)(O)O)[C@@H](O)[C@H](O)NCCC(=O)NCCCC(=O)C[C@@](O)(CC(=O)O)C(=O)O. The molecule has 1 aliphatic heterocycles. The summed E-state index contributed by atoms with van der Waals surface area (Å²) in [4.78, 5) is 97.1. The van der Waals surface area contributed by atoms with Crippen molar-refractivity contribution in [3.05, 3.63) is 12.7 Å². The van der Waals surface area contributed by atoms with Gasteiger partial charge < -0.3 is 66.0 Å². The molecule has 1 fully saturated rings. The fraction of sp³-hybridized carbons (Fsp3) is 0.679. The molecule has 0 bridgehead atoms. The predicted octanol–water partition coefficient (Wildman–Crippen LogP) is -2.77. The van der Waals surface area contributed by atoms with E-state index in [0.29, 0.717) is 0 Å². The molecule has 2 aromatic rings. The number of fused-ring (bicyclic) bond motifs is 1. The minimum atomic E-state index is -5.61. The van der Waals surface area contributed by atoms with Crippen LogP contribution in [0.2, 0.25) is 0 Å². The summed E-state index contributed by atoms with van der Waals surface area (Å²) >= 11 is 0. The normalized spacial score (nSPS) is 22.6. The Morgan fingerprint density at radius 1 is 0.983 bits per heavy atom. The molecule has 0 aromatic carbocycles. The third-order valence-electron chi connectivity index (χ3n) is 8.53. The number of nitrogens with two attached hydrogens (primary N) is 1. The second kappa shape index (κ2) is 20.6. The maximum atomic E-state index is 12.7. The van der Waals surface area contributed by atoms with Gasteiger partial charge in [0.05, 0.1) is 26.0 Å². The van der Waals surface area contributed by atoms with Crippen LogP contribution in [0.15, 0.2) is 12.7 Å². The number of aliphatic hydroxyl groups excluding tert-OH is 3. The number of ether oxygens (including phenoxy) is 1. The van der Waals surface area contributed by atoms with Crippen LogP contribution >= 0.6 is 23.5 Å². The van der Waals surface area contributed by atoms with Crippen molar-refractivity contribution < 1.29 is 106 Å². The summed E-state index contributed by atoms with van der Waals surface area (Å²) in [6.45, 7) is 0.122. The molecule has 60 heavy (non-hydrogen) atoms. The van der Waals surface area contributed by atoms with Gasteiger partial charge in [0.2, 0.25) is 5.91 Å². The Morgan fingerprint density at radius 3 is 2.25 bits per heavy atom. The van der Waals surface area contributed by atoms with E-state index in [1.807, 2.05) is 0 Å². The lowest BCUT2D eigenvalue weighted by molar-refractivity contribution is -0.167. The quantitative estimate of drug-likeness (QED) is 0.0258. The number of nitrogen functional groups attached to an aromatic ring is 1. The molecule has 2 unspecified atom stereocenters. The third kappa shape index (κ3) is 14.9. The number of hydrogen-bond donors (Lipinski definition) is 13. The van der Waals surface area contributed by atoms with Crippen molar-refractivity contribution in [1.82, 2.24) is 30.2 Å². The highest BCUT2D eigenvalue weighted by Crippen LogP contribution is 2.61. The summed E-state index contributed by atoms with van der Waals surface area (Å²) in [6, 6.07) is 0. The van der Waals surface area contributed by atoms with Crippen molar-refractivity contribution in [1.29, 1.82) is 0 Å². The Balaban J connectivity index is 1.46. The maximum Gasteiger partial charge on any atom is 0.481 e. The summed E-state index contributed by atoms with van der Waals surface area (Å²) in [5.74, 6) is -4.91. The minimum Gasteiger partial charge on any atom is -0.481 e. The Morgan fingerprint density at radius 2 is 1.63 bits per heavy atom. The molecule has 29 nitrogen and oxygen atoms in total. The molecule has 9 atom stereocenters. The number of carbonyl (C=O) groups is 4. The number of anilines is 1. The maximum absolute atomic E-state index is 12.7. The topological polar surface area (TPSA) is 462 Å². The highest BCUT2D eigenvalue weighted by molar-refractivity contribution is 7.61. The van der Waals surface area contributed by atoms with Crippen LogP contribution in [0.25, 0.3) is 11.2 Å². The first kappa shape index (κ1) is 50.9. The standard InChI is InChI=1S/C28H46N7O22P3/c1-27(2,21(41)24(42)31-7-5-16(37)30-6-3-4-14(36)8-28(45,26(43)44)9-17(38)39)11-54-60(51,52)57-59(49,50)53-10-15-20(56-58(46,47)48)19(40)25(55-15)35-13-34-18-22(29)32-12-33-23(18)35/h12-13,15,19-21,24-25,31,40-42,45H,3-11H2,1-2H3,(H,30,37)(H,38,39)(H,43,44)(H,49,50)(H,51,52)(H2,29,32,33)(H2,46,47,48)/t15-,19-,20-,21+,24+,25-,28-/m1/s1. The second-order valence-corrected chi connectivity index (χ2v) is 18.2. The number of phosphoric ester groups is 3. The van der Waals surface area contributed by atoms with Crippen LogP contribution in [0.3, 0.4) is 0 Å². The zero-order valence-electron chi connectivity index (χ0n) is 31.6. The molecule has 0 aliphatic carbocycles. The molecule has 1 amide bonds. The Labute approximate surface area is 338 Å². The number of carboxylic acids is 2. The van der Waals surface area contributed by atoms with Gasteiger partial charge in [-0.05, 0) is 6.42 Å². The summed E-state index contributed by atoms with van der Waals surface area (Å²) in [6.07, 6.45) is -11.3. The van der Waals surface area contributed by atoms with Crippen LogP contribution in [-0.4, -0.2) is 156 Å². The number of nitrogens with one attached hydrogen (secondary N) is 2. The number of carboxylic acid groups (broad SMARTS) is 2. The summed E-state index contributed by atoms with van der Waals surface area (Å²) < 4.78 is 62.1. The number of phosphoric acid groups is 3.